The lowest BCUT2D eigenvalue weighted by molar-refractivity contribution is -0.114. The maximum Gasteiger partial charge on any atom is 0.251 e. The third-order valence-electron chi connectivity index (χ3n) is 4.60. The maximum atomic E-state index is 12.4. The highest BCUT2D eigenvalue weighted by molar-refractivity contribution is 7.89. The zero-order valence-corrected chi connectivity index (χ0v) is 18.7. The van der Waals surface area contributed by atoms with E-state index in [2.05, 4.69) is 16.0 Å². The molecule has 0 aliphatic carbocycles. The number of hydrogen-bond acceptors (Lipinski definition) is 5. The molecular weight excluding hydrogens is 404 g/mol. The van der Waals surface area contributed by atoms with Crippen molar-refractivity contribution in [1.82, 2.24) is 9.62 Å². The van der Waals surface area contributed by atoms with E-state index in [0.717, 1.165) is 15.4 Å². The highest BCUT2D eigenvalue weighted by Crippen LogP contribution is 2.25. The highest BCUT2D eigenvalue weighted by Gasteiger charge is 2.19. The van der Waals surface area contributed by atoms with Crippen molar-refractivity contribution in [2.75, 3.05) is 37.8 Å². The molecule has 8 nitrogen and oxygen atoms in total. The van der Waals surface area contributed by atoms with Crippen molar-refractivity contribution in [2.45, 2.75) is 25.7 Å². The van der Waals surface area contributed by atoms with Gasteiger partial charge in [-0.2, -0.15) is 0 Å². The van der Waals surface area contributed by atoms with Gasteiger partial charge in [-0.05, 0) is 62.2 Å². The number of anilines is 2. The Bertz CT molecular complexity index is 1050. The number of hydrogen-bond donors (Lipinski definition) is 3. The minimum atomic E-state index is -3.59. The molecule has 0 spiro atoms. The molecule has 0 bridgehead atoms. The Kier molecular flexibility index (Phi) is 7.58. The van der Waals surface area contributed by atoms with Crippen LogP contribution in [0.15, 0.2) is 41.3 Å². The SMILES string of the molecule is CCNC(=O)c1cccc(NC(=O)CNc2cc(S(=O)(=O)N(C)C)cc(C)c2C)c1. The molecule has 2 aromatic carbocycles. The number of benzene rings is 2. The average Bonchev–Trinajstić information content (AvgIpc) is 2.69. The zero-order valence-electron chi connectivity index (χ0n) is 17.9. The number of nitrogens with zero attached hydrogens (tertiary/aromatic N) is 1. The summed E-state index contributed by atoms with van der Waals surface area (Å²) in [7, 11) is -0.644. The summed E-state index contributed by atoms with van der Waals surface area (Å²) in [5.74, 6) is -0.530. The van der Waals surface area contributed by atoms with Crippen molar-refractivity contribution in [3.63, 3.8) is 0 Å². The fourth-order valence-corrected chi connectivity index (χ4v) is 3.77. The van der Waals surface area contributed by atoms with Gasteiger partial charge in [0.2, 0.25) is 15.9 Å². The second kappa shape index (κ2) is 9.73. The molecule has 0 saturated heterocycles. The molecule has 0 aliphatic rings. The van der Waals surface area contributed by atoms with Crippen LogP contribution in [-0.2, 0) is 14.8 Å². The molecule has 0 saturated carbocycles. The van der Waals surface area contributed by atoms with Crippen molar-refractivity contribution in [3.8, 4) is 0 Å². The Balaban J connectivity index is 2.12. The standard InChI is InChI=1S/C21H28N4O4S/c1-6-22-21(27)16-8-7-9-17(11-16)24-20(26)13-23-19-12-18(10-14(2)15(19)3)30(28,29)25(4)5/h7-12,23H,6,13H2,1-5H3,(H,22,27)(H,24,26). The predicted molar refractivity (Wildman–Crippen MR) is 118 cm³/mol. The molecule has 9 heteroatoms. The molecule has 2 aromatic rings. The molecule has 2 rings (SSSR count). The number of aryl methyl sites for hydroxylation is 1. The van der Waals surface area contributed by atoms with Crippen LogP contribution in [0.4, 0.5) is 11.4 Å². The van der Waals surface area contributed by atoms with Crippen molar-refractivity contribution in [3.05, 3.63) is 53.1 Å². The van der Waals surface area contributed by atoms with E-state index in [9.17, 15) is 18.0 Å². The first-order chi connectivity index (χ1) is 14.1. The van der Waals surface area contributed by atoms with E-state index < -0.39 is 10.0 Å². The monoisotopic (exact) mass is 432 g/mol. The van der Waals surface area contributed by atoms with E-state index in [-0.39, 0.29) is 23.3 Å². The number of nitrogens with one attached hydrogen (secondary N) is 3. The van der Waals surface area contributed by atoms with Gasteiger partial charge in [0.1, 0.15) is 0 Å². The van der Waals surface area contributed by atoms with Crippen LogP contribution in [0, 0.1) is 13.8 Å². The summed E-state index contributed by atoms with van der Waals surface area (Å²) in [6, 6.07) is 9.80. The lowest BCUT2D eigenvalue weighted by atomic mass is 10.1. The first-order valence-corrected chi connectivity index (χ1v) is 11.0. The van der Waals surface area contributed by atoms with Crippen LogP contribution in [0.3, 0.4) is 0 Å². The van der Waals surface area contributed by atoms with Gasteiger partial charge in [-0.25, -0.2) is 12.7 Å². The normalized spacial score (nSPS) is 11.3. The summed E-state index contributed by atoms with van der Waals surface area (Å²) >= 11 is 0. The van der Waals surface area contributed by atoms with Crippen LogP contribution in [0.2, 0.25) is 0 Å². The molecule has 2 amide bonds. The third-order valence-corrected chi connectivity index (χ3v) is 6.40. The van der Waals surface area contributed by atoms with Crippen LogP contribution < -0.4 is 16.0 Å². The average molecular weight is 433 g/mol. The molecule has 3 N–H and O–H groups in total. The first kappa shape index (κ1) is 23.4. The van der Waals surface area contributed by atoms with Crippen molar-refractivity contribution >= 4 is 33.2 Å². The Morgan fingerprint density at radius 2 is 1.77 bits per heavy atom. The summed E-state index contributed by atoms with van der Waals surface area (Å²) in [6.45, 7) is 5.97. The molecule has 0 heterocycles. The lowest BCUT2D eigenvalue weighted by Gasteiger charge is -2.17. The molecule has 30 heavy (non-hydrogen) atoms. The third kappa shape index (κ3) is 5.58. The smallest absolute Gasteiger partial charge is 0.251 e. The van der Waals surface area contributed by atoms with Gasteiger partial charge in [-0.15, -0.1) is 0 Å². The molecule has 0 aromatic heterocycles. The number of carbonyl (C=O) groups is 2. The van der Waals surface area contributed by atoms with E-state index in [0.29, 0.717) is 23.5 Å². The van der Waals surface area contributed by atoms with Crippen LogP contribution in [0.5, 0.6) is 0 Å². The Labute approximate surface area is 177 Å². The molecular formula is C21H28N4O4S. The minimum absolute atomic E-state index is 0.0584. The van der Waals surface area contributed by atoms with E-state index in [4.69, 9.17) is 0 Å². The highest BCUT2D eigenvalue weighted by atomic mass is 32.2. The largest absolute Gasteiger partial charge is 0.376 e. The van der Waals surface area contributed by atoms with Crippen LogP contribution in [0.1, 0.15) is 28.4 Å². The quantitative estimate of drug-likeness (QED) is 0.594. The summed E-state index contributed by atoms with van der Waals surface area (Å²) in [4.78, 5) is 24.5. The van der Waals surface area contributed by atoms with Gasteiger partial charge in [0, 0.05) is 37.6 Å². The van der Waals surface area contributed by atoms with Gasteiger partial charge in [0.05, 0.1) is 11.4 Å². The Hall–Kier alpha value is -2.91. The maximum absolute atomic E-state index is 12.4. The summed E-state index contributed by atoms with van der Waals surface area (Å²) < 4.78 is 26.0. The van der Waals surface area contributed by atoms with Crippen LogP contribution >= 0.6 is 0 Å². The minimum Gasteiger partial charge on any atom is -0.376 e. The Morgan fingerprint density at radius 1 is 1.07 bits per heavy atom. The summed E-state index contributed by atoms with van der Waals surface area (Å²) in [5.41, 5.74) is 3.19. The molecule has 162 valence electrons. The number of carbonyl (C=O) groups excluding carboxylic acids is 2. The van der Waals surface area contributed by atoms with Crippen LogP contribution in [0.25, 0.3) is 0 Å². The van der Waals surface area contributed by atoms with Gasteiger partial charge in [0.15, 0.2) is 0 Å². The van der Waals surface area contributed by atoms with E-state index in [1.165, 1.54) is 20.2 Å². The number of rotatable bonds is 8. The lowest BCUT2D eigenvalue weighted by Crippen LogP contribution is -2.25. The number of sulfonamides is 1. The molecule has 0 aliphatic heterocycles. The topological polar surface area (TPSA) is 108 Å². The second-order valence-corrected chi connectivity index (χ2v) is 9.19. The molecule has 0 fully saturated rings. The van der Waals surface area contributed by atoms with E-state index >= 15 is 0 Å². The Morgan fingerprint density at radius 3 is 2.40 bits per heavy atom. The molecule has 0 atom stereocenters. The van der Waals surface area contributed by atoms with Gasteiger partial charge in [-0.1, -0.05) is 6.07 Å². The van der Waals surface area contributed by atoms with Gasteiger partial charge >= 0.3 is 0 Å². The predicted octanol–water partition coefficient (Wildman–Crippen LogP) is 2.35. The van der Waals surface area contributed by atoms with E-state index in [1.807, 2.05) is 20.8 Å². The summed E-state index contributed by atoms with van der Waals surface area (Å²) in [6.07, 6.45) is 0. The van der Waals surface area contributed by atoms with Gasteiger partial charge < -0.3 is 16.0 Å². The second-order valence-electron chi connectivity index (χ2n) is 7.04. The van der Waals surface area contributed by atoms with Crippen molar-refractivity contribution in [2.24, 2.45) is 0 Å². The van der Waals surface area contributed by atoms with Crippen LogP contribution in [-0.4, -0.2) is 51.7 Å². The first-order valence-electron chi connectivity index (χ1n) is 9.52. The summed E-state index contributed by atoms with van der Waals surface area (Å²) in [5, 5.41) is 8.46. The van der Waals surface area contributed by atoms with Crippen molar-refractivity contribution in [1.29, 1.82) is 0 Å². The van der Waals surface area contributed by atoms with Gasteiger partial charge in [-0.3, -0.25) is 9.59 Å². The van der Waals surface area contributed by atoms with E-state index in [1.54, 1.807) is 30.3 Å². The fourth-order valence-electron chi connectivity index (χ4n) is 2.75. The van der Waals surface area contributed by atoms with Crippen molar-refractivity contribution < 1.29 is 18.0 Å². The van der Waals surface area contributed by atoms with Gasteiger partial charge in [0.25, 0.3) is 5.91 Å². The molecule has 0 unspecified atom stereocenters. The number of amides is 2. The fraction of sp³-hybridized carbons (Fsp3) is 0.333. The molecule has 0 radical (unpaired) electrons. The zero-order chi connectivity index (χ0) is 22.5.